The lowest BCUT2D eigenvalue weighted by Gasteiger charge is -2.16. The molecule has 0 spiro atoms. The number of benzene rings is 2. The minimum Gasteiger partial charge on any atom is -0.293 e. The minimum atomic E-state index is -0.321. The molecule has 0 amide bonds. The summed E-state index contributed by atoms with van der Waals surface area (Å²) in [6.45, 7) is 0. The number of hydrogen-bond acceptors (Lipinski definition) is 1. The fourth-order valence-corrected chi connectivity index (χ4v) is 3.53. The molecule has 0 aliphatic rings. The van der Waals surface area contributed by atoms with Crippen LogP contribution in [0.3, 0.4) is 0 Å². The van der Waals surface area contributed by atoms with Crippen molar-refractivity contribution in [3.8, 4) is 0 Å². The Kier molecular flexibility index (Phi) is 6.02. The monoisotopic (exact) mass is 522 g/mol. The van der Waals surface area contributed by atoms with E-state index in [1.54, 1.807) is 0 Å². The van der Waals surface area contributed by atoms with Crippen LogP contribution in [-0.2, 0) is 0 Å². The SMILES string of the molecule is O=C(c1cccc(Br)c1)[C@H](Br)[C@@H](Br)c1ccc(Br)cc1. The van der Waals surface area contributed by atoms with E-state index in [2.05, 4.69) is 63.7 Å². The Labute approximate surface area is 151 Å². The molecule has 0 aromatic heterocycles. The van der Waals surface area contributed by atoms with Crippen LogP contribution in [0.25, 0.3) is 0 Å². The summed E-state index contributed by atoms with van der Waals surface area (Å²) in [6, 6.07) is 15.3. The fourth-order valence-electron chi connectivity index (χ4n) is 1.75. The molecule has 0 heterocycles. The van der Waals surface area contributed by atoms with E-state index in [1.165, 1.54) is 0 Å². The Morgan fingerprint density at radius 1 is 0.900 bits per heavy atom. The highest BCUT2D eigenvalue weighted by molar-refractivity contribution is 9.12. The fraction of sp³-hybridized carbons (Fsp3) is 0.133. The second-order valence-electron chi connectivity index (χ2n) is 4.23. The molecule has 5 heteroatoms. The Morgan fingerprint density at radius 2 is 1.55 bits per heavy atom. The van der Waals surface area contributed by atoms with Gasteiger partial charge in [-0.25, -0.2) is 0 Å². The number of rotatable bonds is 4. The second-order valence-corrected chi connectivity index (χ2v) is 8.03. The number of halogens is 4. The van der Waals surface area contributed by atoms with Gasteiger partial charge in [-0.05, 0) is 29.8 Å². The van der Waals surface area contributed by atoms with Crippen molar-refractivity contribution < 1.29 is 4.79 Å². The van der Waals surface area contributed by atoms with E-state index < -0.39 is 0 Å². The molecule has 0 saturated carbocycles. The minimum absolute atomic E-state index is 0.0519. The standard InChI is InChI=1S/C15H10Br4O/c16-11-6-4-9(5-7-11)13(18)14(19)15(20)10-2-1-3-12(17)8-10/h1-8,13-14H/t13-,14+/m0/s1. The number of ketones is 1. The Balaban J connectivity index is 2.20. The molecule has 1 nitrogen and oxygen atoms in total. The highest BCUT2D eigenvalue weighted by Crippen LogP contribution is 2.34. The molecule has 0 aliphatic heterocycles. The number of hydrogen-bond donors (Lipinski definition) is 0. The summed E-state index contributed by atoms with van der Waals surface area (Å²) in [4.78, 5) is 12.1. The number of carbonyl (C=O) groups is 1. The summed E-state index contributed by atoms with van der Waals surface area (Å²) in [5, 5.41) is 0. The average molecular weight is 526 g/mol. The summed E-state index contributed by atoms with van der Waals surface area (Å²) in [5.74, 6) is 0.0519. The molecule has 20 heavy (non-hydrogen) atoms. The van der Waals surface area contributed by atoms with E-state index >= 15 is 0 Å². The van der Waals surface area contributed by atoms with Crippen molar-refractivity contribution in [2.75, 3.05) is 0 Å². The smallest absolute Gasteiger partial charge is 0.177 e. The van der Waals surface area contributed by atoms with Crippen LogP contribution in [0.5, 0.6) is 0 Å². The zero-order chi connectivity index (χ0) is 14.7. The first-order valence-corrected chi connectivity index (χ1v) is 9.24. The predicted molar refractivity (Wildman–Crippen MR) is 97.0 cm³/mol. The summed E-state index contributed by atoms with van der Waals surface area (Å²) in [7, 11) is 0. The average Bonchev–Trinajstić information content (AvgIpc) is 2.46. The lowest BCUT2D eigenvalue weighted by Crippen LogP contribution is -2.19. The normalized spacial score (nSPS) is 13.8. The molecule has 2 aromatic rings. The number of Topliss-reactive ketones (excluding diaryl/α,β-unsaturated/α-hetero) is 1. The van der Waals surface area contributed by atoms with E-state index in [0.29, 0.717) is 5.56 Å². The van der Waals surface area contributed by atoms with Crippen molar-refractivity contribution >= 4 is 69.5 Å². The Hall–Kier alpha value is 0.0300. The molecule has 0 aliphatic carbocycles. The van der Waals surface area contributed by atoms with Crippen LogP contribution >= 0.6 is 63.7 Å². The molecule has 2 aromatic carbocycles. The molecule has 2 rings (SSSR count). The third-order valence-corrected chi connectivity index (χ3v) is 6.54. The van der Waals surface area contributed by atoms with Gasteiger partial charge in [0.15, 0.2) is 5.78 Å². The first kappa shape index (κ1) is 16.4. The predicted octanol–water partition coefficient (Wildman–Crippen LogP) is 6.29. The highest BCUT2D eigenvalue weighted by Gasteiger charge is 2.26. The maximum absolute atomic E-state index is 12.5. The molecular weight excluding hydrogens is 516 g/mol. The van der Waals surface area contributed by atoms with Crippen LogP contribution in [0.1, 0.15) is 20.7 Å². The second kappa shape index (κ2) is 7.34. The maximum atomic E-state index is 12.5. The molecule has 0 saturated heterocycles. The van der Waals surface area contributed by atoms with Gasteiger partial charge in [-0.15, -0.1) is 0 Å². The molecule has 0 radical (unpaired) electrons. The van der Waals surface area contributed by atoms with E-state index in [4.69, 9.17) is 0 Å². The van der Waals surface area contributed by atoms with E-state index in [-0.39, 0.29) is 15.4 Å². The van der Waals surface area contributed by atoms with Crippen molar-refractivity contribution in [1.29, 1.82) is 0 Å². The van der Waals surface area contributed by atoms with Crippen LogP contribution in [0.4, 0.5) is 0 Å². The largest absolute Gasteiger partial charge is 0.293 e. The van der Waals surface area contributed by atoms with Gasteiger partial charge < -0.3 is 0 Å². The van der Waals surface area contributed by atoms with E-state index in [9.17, 15) is 4.79 Å². The van der Waals surface area contributed by atoms with Crippen molar-refractivity contribution in [3.05, 3.63) is 68.6 Å². The van der Waals surface area contributed by atoms with Crippen LogP contribution in [-0.4, -0.2) is 10.6 Å². The molecule has 104 valence electrons. The summed E-state index contributed by atoms with van der Waals surface area (Å²) >= 11 is 13.9. The lowest BCUT2D eigenvalue weighted by atomic mass is 10.0. The van der Waals surface area contributed by atoms with Crippen LogP contribution in [0.2, 0.25) is 0 Å². The van der Waals surface area contributed by atoms with Gasteiger partial charge in [0.1, 0.15) is 0 Å². The van der Waals surface area contributed by atoms with Gasteiger partial charge in [-0.2, -0.15) is 0 Å². The van der Waals surface area contributed by atoms with Gasteiger partial charge in [0.25, 0.3) is 0 Å². The van der Waals surface area contributed by atoms with Crippen LogP contribution in [0.15, 0.2) is 57.5 Å². The first-order chi connectivity index (χ1) is 9.49. The van der Waals surface area contributed by atoms with Crippen molar-refractivity contribution in [1.82, 2.24) is 0 Å². The van der Waals surface area contributed by atoms with Crippen LogP contribution < -0.4 is 0 Å². The third-order valence-electron chi connectivity index (χ3n) is 2.80. The molecular formula is C15H10Br4O. The van der Waals surface area contributed by atoms with Crippen LogP contribution in [0, 0.1) is 0 Å². The van der Waals surface area contributed by atoms with Crippen molar-refractivity contribution in [3.63, 3.8) is 0 Å². The van der Waals surface area contributed by atoms with Gasteiger partial charge in [0.05, 0.1) is 9.65 Å². The Morgan fingerprint density at radius 3 is 2.15 bits per heavy atom. The zero-order valence-electron chi connectivity index (χ0n) is 10.2. The van der Waals surface area contributed by atoms with Gasteiger partial charge in [0.2, 0.25) is 0 Å². The topological polar surface area (TPSA) is 17.1 Å². The highest BCUT2D eigenvalue weighted by atomic mass is 79.9. The van der Waals surface area contributed by atoms with Gasteiger partial charge in [-0.3, -0.25) is 4.79 Å². The quantitative estimate of drug-likeness (QED) is 0.338. The summed E-state index contributed by atoms with van der Waals surface area (Å²) in [5.41, 5.74) is 1.74. The Bertz CT molecular complexity index is 610. The maximum Gasteiger partial charge on any atom is 0.177 e. The number of carbonyl (C=O) groups excluding carboxylic acids is 1. The third kappa shape index (κ3) is 4.03. The molecule has 0 unspecified atom stereocenters. The molecule has 2 atom stereocenters. The summed E-state index contributed by atoms with van der Waals surface area (Å²) in [6.07, 6.45) is 0. The van der Waals surface area contributed by atoms with Gasteiger partial charge in [0, 0.05) is 14.5 Å². The van der Waals surface area contributed by atoms with Gasteiger partial charge in [-0.1, -0.05) is 88.0 Å². The first-order valence-electron chi connectivity index (χ1n) is 5.82. The molecule has 0 N–H and O–H groups in total. The number of alkyl halides is 2. The summed E-state index contributed by atoms with van der Waals surface area (Å²) < 4.78 is 1.92. The van der Waals surface area contributed by atoms with E-state index in [0.717, 1.165) is 14.5 Å². The van der Waals surface area contributed by atoms with Crippen molar-refractivity contribution in [2.24, 2.45) is 0 Å². The zero-order valence-corrected chi connectivity index (χ0v) is 16.5. The van der Waals surface area contributed by atoms with Crippen molar-refractivity contribution in [2.45, 2.75) is 9.65 Å². The molecule has 0 fully saturated rings. The molecule has 0 bridgehead atoms. The van der Waals surface area contributed by atoms with Gasteiger partial charge >= 0.3 is 0 Å². The lowest BCUT2D eigenvalue weighted by molar-refractivity contribution is 0.0991. The van der Waals surface area contributed by atoms with E-state index in [1.807, 2.05) is 48.5 Å².